The van der Waals surface area contributed by atoms with E-state index in [1.165, 1.54) is 11.1 Å². The fraction of sp³-hybridized carbons (Fsp3) is 0.533. The second-order valence-electron chi connectivity index (χ2n) is 4.86. The van der Waals surface area contributed by atoms with E-state index in [2.05, 4.69) is 31.2 Å². The fourth-order valence-electron chi connectivity index (χ4n) is 2.43. The molecule has 0 amide bonds. The predicted octanol–water partition coefficient (Wildman–Crippen LogP) is 3.27. The maximum absolute atomic E-state index is 10.6. The smallest absolute Gasteiger partial charge is 0.120 e. The highest BCUT2D eigenvalue weighted by atomic mass is 16.5. The monoisotopic (exact) mass is 232 g/mol. The minimum Gasteiger partial charge on any atom is -0.381 e. The molecule has 0 radical (unpaired) electrons. The summed E-state index contributed by atoms with van der Waals surface area (Å²) in [6.07, 6.45) is 3.85. The van der Waals surface area contributed by atoms with E-state index in [-0.39, 0.29) is 0 Å². The molecule has 1 unspecified atom stereocenters. The zero-order valence-electron chi connectivity index (χ0n) is 10.4. The van der Waals surface area contributed by atoms with Gasteiger partial charge >= 0.3 is 0 Å². The molecule has 1 aromatic rings. The highest BCUT2D eigenvalue weighted by molar-refractivity contribution is 5.51. The summed E-state index contributed by atoms with van der Waals surface area (Å²) < 4.78 is 5.39. The molecule has 2 rings (SSSR count). The van der Waals surface area contributed by atoms with Crippen LogP contribution < -0.4 is 0 Å². The predicted molar refractivity (Wildman–Crippen MR) is 68.3 cm³/mol. The van der Waals surface area contributed by atoms with Crippen LogP contribution in [-0.4, -0.2) is 19.5 Å². The Labute approximate surface area is 103 Å². The molecule has 1 atom stereocenters. The van der Waals surface area contributed by atoms with Crippen molar-refractivity contribution in [1.82, 2.24) is 0 Å². The minimum atomic E-state index is 0.326. The Bertz CT molecular complexity index is 367. The molecule has 2 heteroatoms. The standard InChI is InChI=1S/C15H20O2/c1-12(5-8-16)14-3-2-4-15(11-14)13-6-9-17-10-7-13/h2-4,8,11-13H,5-7,9-10H2,1H3. The molecule has 1 heterocycles. The van der Waals surface area contributed by atoms with E-state index in [4.69, 9.17) is 4.74 Å². The van der Waals surface area contributed by atoms with Crippen molar-refractivity contribution in [2.24, 2.45) is 0 Å². The summed E-state index contributed by atoms with van der Waals surface area (Å²) in [5.41, 5.74) is 2.68. The molecule has 0 N–H and O–H groups in total. The molecule has 0 saturated carbocycles. The first-order chi connectivity index (χ1) is 8.31. The van der Waals surface area contributed by atoms with E-state index in [9.17, 15) is 4.79 Å². The molecule has 0 spiro atoms. The van der Waals surface area contributed by atoms with Gasteiger partial charge in [-0.2, -0.15) is 0 Å². The van der Waals surface area contributed by atoms with Crippen molar-refractivity contribution in [1.29, 1.82) is 0 Å². The molecule has 1 saturated heterocycles. The number of ether oxygens (including phenoxy) is 1. The van der Waals surface area contributed by atoms with Crippen LogP contribution in [0.15, 0.2) is 24.3 Å². The van der Waals surface area contributed by atoms with Crippen LogP contribution in [-0.2, 0) is 9.53 Å². The van der Waals surface area contributed by atoms with Gasteiger partial charge in [-0.3, -0.25) is 0 Å². The lowest BCUT2D eigenvalue weighted by Gasteiger charge is -2.23. The molecule has 2 nitrogen and oxygen atoms in total. The summed E-state index contributed by atoms with van der Waals surface area (Å²) in [5.74, 6) is 0.958. The van der Waals surface area contributed by atoms with Gasteiger partial charge in [0.1, 0.15) is 6.29 Å². The fourth-order valence-corrected chi connectivity index (χ4v) is 2.43. The van der Waals surface area contributed by atoms with Gasteiger partial charge in [-0.1, -0.05) is 31.2 Å². The van der Waals surface area contributed by atoms with Crippen LogP contribution in [0.25, 0.3) is 0 Å². The third kappa shape index (κ3) is 3.16. The molecular weight excluding hydrogens is 212 g/mol. The van der Waals surface area contributed by atoms with Crippen molar-refractivity contribution in [3.8, 4) is 0 Å². The number of aldehydes is 1. The average Bonchev–Trinajstić information content (AvgIpc) is 2.40. The summed E-state index contributed by atoms with van der Waals surface area (Å²) in [6.45, 7) is 3.86. The highest BCUT2D eigenvalue weighted by Crippen LogP contribution is 2.29. The molecular formula is C15H20O2. The zero-order chi connectivity index (χ0) is 12.1. The van der Waals surface area contributed by atoms with E-state index >= 15 is 0 Å². The van der Waals surface area contributed by atoms with Crippen molar-refractivity contribution in [3.63, 3.8) is 0 Å². The minimum absolute atomic E-state index is 0.326. The van der Waals surface area contributed by atoms with Crippen LogP contribution >= 0.6 is 0 Å². The second-order valence-corrected chi connectivity index (χ2v) is 4.86. The Morgan fingerprint density at radius 2 is 2.18 bits per heavy atom. The largest absolute Gasteiger partial charge is 0.381 e. The number of carbonyl (C=O) groups excluding carboxylic acids is 1. The molecule has 1 aliphatic rings. The Morgan fingerprint density at radius 3 is 2.88 bits per heavy atom. The summed E-state index contributed by atoms with van der Waals surface area (Å²) in [6, 6.07) is 8.70. The Morgan fingerprint density at radius 1 is 1.41 bits per heavy atom. The Balaban J connectivity index is 2.12. The number of hydrogen-bond acceptors (Lipinski definition) is 2. The van der Waals surface area contributed by atoms with Gasteiger partial charge in [0.15, 0.2) is 0 Å². The van der Waals surface area contributed by atoms with Crippen molar-refractivity contribution < 1.29 is 9.53 Å². The Hall–Kier alpha value is -1.15. The number of rotatable bonds is 4. The highest BCUT2D eigenvalue weighted by Gasteiger charge is 2.16. The molecule has 1 aromatic carbocycles. The third-order valence-electron chi connectivity index (χ3n) is 3.62. The molecule has 92 valence electrons. The van der Waals surface area contributed by atoms with Crippen LogP contribution in [0, 0.1) is 0 Å². The third-order valence-corrected chi connectivity index (χ3v) is 3.62. The molecule has 0 aliphatic carbocycles. The number of benzene rings is 1. The van der Waals surface area contributed by atoms with Gasteiger partial charge < -0.3 is 9.53 Å². The van der Waals surface area contributed by atoms with Crippen LogP contribution in [0.2, 0.25) is 0 Å². The van der Waals surface area contributed by atoms with Crippen molar-refractivity contribution in [2.75, 3.05) is 13.2 Å². The van der Waals surface area contributed by atoms with Gasteiger partial charge in [-0.25, -0.2) is 0 Å². The summed E-state index contributed by atoms with van der Waals surface area (Å²) in [7, 11) is 0. The van der Waals surface area contributed by atoms with E-state index in [0.29, 0.717) is 18.3 Å². The summed E-state index contributed by atoms with van der Waals surface area (Å²) in [5, 5.41) is 0. The molecule has 0 aromatic heterocycles. The molecule has 1 aliphatic heterocycles. The first-order valence-corrected chi connectivity index (χ1v) is 6.42. The maximum atomic E-state index is 10.6. The Kier molecular flexibility index (Phi) is 4.32. The molecule has 1 fully saturated rings. The summed E-state index contributed by atoms with van der Waals surface area (Å²) >= 11 is 0. The lowest BCUT2D eigenvalue weighted by atomic mass is 9.88. The normalized spacial score (nSPS) is 18.9. The van der Waals surface area contributed by atoms with Gasteiger partial charge in [0.25, 0.3) is 0 Å². The van der Waals surface area contributed by atoms with E-state index in [0.717, 1.165) is 32.3 Å². The van der Waals surface area contributed by atoms with Crippen molar-refractivity contribution in [3.05, 3.63) is 35.4 Å². The van der Waals surface area contributed by atoms with E-state index in [1.54, 1.807) is 0 Å². The first kappa shape index (κ1) is 12.3. The zero-order valence-corrected chi connectivity index (χ0v) is 10.4. The van der Waals surface area contributed by atoms with E-state index in [1.807, 2.05) is 0 Å². The van der Waals surface area contributed by atoms with Crippen molar-refractivity contribution in [2.45, 2.75) is 38.0 Å². The van der Waals surface area contributed by atoms with Crippen LogP contribution in [0.3, 0.4) is 0 Å². The molecule has 0 bridgehead atoms. The van der Waals surface area contributed by atoms with Gasteiger partial charge in [-0.15, -0.1) is 0 Å². The number of hydrogen-bond donors (Lipinski definition) is 0. The van der Waals surface area contributed by atoms with Crippen LogP contribution in [0.4, 0.5) is 0 Å². The van der Waals surface area contributed by atoms with Gasteiger partial charge in [0, 0.05) is 19.6 Å². The SMILES string of the molecule is CC(CC=O)c1cccc(C2CCOCC2)c1. The van der Waals surface area contributed by atoms with E-state index < -0.39 is 0 Å². The topological polar surface area (TPSA) is 26.3 Å². The lowest BCUT2D eigenvalue weighted by Crippen LogP contribution is -2.14. The summed E-state index contributed by atoms with van der Waals surface area (Å²) in [4.78, 5) is 10.6. The van der Waals surface area contributed by atoms with Crippen LogP contribution in [0.1, 0.15) is 49.1 Å². The van der Waals surface area contributed by atoms with Gasteiger partial charge in [0.2, 0.25) is 0 Å². The second kappa shape index (κ2) is 5.97. The lowest BCUT2D eigenvalue weighted by molar-refractivity contribution is -0.108. The van der Waals surface area contributed by atoms with Gasteiger partial charge in [-0.05, 0) is 35.8 Å². The maximum Gasteiger partial charge on any atom is 0.120 e. The quantitative estimate of drug-likeness (QED) is 0.745. The van der Waals surface area contributed by atoms with Crippen molar-refractivity contribution >= 4 is 6.29 Å². The average molecular weight is 232 g/mol. The van der Waals surface area contributed by atoms with Gasteiger partial charge in [0.05, 0.1) is 0 Å². The van der Waals surface area contributed by atoms with Crippen LogP contribution in [0.5, 0.6) is 0 Å². The number of carbonyl (C=O) groups is 1. The first-order valence-electron chi connectivity index (χ1n) is 6.42. The molecule has 17 heavy (non-hydrogen) atoms.